The highest BCUT2D eigenvalue weighted by Crippen LogP contribution is 2.17. The number of rotatable bonds is 4. The van der Waals surface area contributed by atoms with Crippen molar-refractivity contribution in [2.24, 2.45) is 0 Å². The van der Waals surface area contributed by atoms with Crippen molar-refractivity contribution in [3.05, 3.63) is 59.2 Å². The molecule has 0 aliphatic rings. The molecule has 19 heavy (non-hydrogen) atoms. The zero-order valence-corrected chi connectivity index (χ0v) is 11.1. The molecule has 98 valence electrons. The monoisotopic (exact) mass is 256 g/mol. The molecule has 0 aliphatic carbocycles. The van der Waals surface area contributed by atoms with Gasteiger partial charge in [0.2, 0.25) is 0 Å². The standard InChI is InChI=1S/C15H17BO3/c1-11-6-7-15(8-12(11)2)19-10-13-4-3-5-14(9-13)16(17)18/h3-9,17-18H,10H2,1-2H3. The van der Waals surface area contributed by atoms with Crippen LogP contribution >= 0.6 is 0 Å². The van der Waals surface area contributed by atoms with E-state index in [1.54, 1.807) is 18.2 Å². The second kappa shape index (κ2) is 5.91. The Kier molecular flexibility index (Phi) is 4.25. The van der Waals surface area contributed by atoms with Crippen molar-refractivity contribution in [3.63, 3.8) is 0 Å². The summed E-state index contributed by atoms with van der Waals surface area (Å²) in [5.41, 5.74) is 3.81. The first-order chi connectivity index (χ1) is 9.06. The van der Waals surface area contributed by atoms with Gasteiger partial charge in [0.05, 0.1) is 0 Å². The quantitative estimate of drug-likeness (QED) is 0.816. The van der Waals surface area contributed by atoms with Crippen LogP contribution in [0.3, 0.4) is 0 Å². The van der Waals surface area contributed by atoms with E-state index in [4.69, 9.17) is 14.8 Å². The van der Waals surface area contributed by atoms with Crippen molar-refractivity contribution in [2.75, 3.05) is 0 Å². The Hall–Kier alpha value is -1.78. The van der Waals surface area contributed by atoms with Gasteiger partial charge in [0, 0.05) is 0 Å². The molecule has 2 aromatic carbocycles. The van der Waals surface area contributed by atoms with Gasteiger partial charge in [-0.2, -0.15) is 0 Å². The van der Waals surface area contributed by atoms with E-state index in [1.807, 2.05) is 31.2 Å². The van der Waals surface area contributed by atoms with E-state index in [0.717, 1.165) is 11.3 Å². The topological polar surface area (TPSA) is 49.7 Å². The Bertz CT molecular complexity index is 567. The summed E-state index contributed by atoms with van der Waals surface area (Å²) >= 11 is 0. The van der Waals surface area contributed by atoms with Crippen molar-refractivity contribution >= 4 is 12.6 Å². The van der Waals surface area contributed by atoms with E-state index in [-0.39, 0.29) is 0 Å². The van der Waals surface area contributed by atoms with Crippen LogP contribution in [0.5, 0.6) is 5.75 Å². The predicted molar refractivity (Wildman–Crippen MR) is 76.5 cm³/mol. The molecule has 0 saturated heterocycles. The summed E-state index contributed by atoms with van der Waals surface area (Å²) in [7, 11) is -1.44. The zero-order valence-electron chi connectivity index (χ0n) is 11.1. The number of hydrogen-bond acceptors (Lipinski definition) is 3. The van der Waals surface area contributed by atoms with Gasteiger partial charge < -0.3 is 14.8 Å². The van der Waals surface area contributed by atoms with Gasteiger partial charge in [0.15, 0.2) is 0 Å². The van der Waals surface area contributed by atoms with Crippen molar-refractivity contribution in [2.45, 2.75) is 20.5 Å². The Morgan fingerprint density at radius 2 is 1.79 bits per heavy atom. The maximum absolute atomic E-state index is 9.12. The van der Waals surface area contributed by atoms with Crippen LogP contribution in [0.4, 0.5) is 0 Å². The predicted octanol–water partition coefficient (Wildman–Crippen LogP) is 1.56. The van der Waals surface area contributed by atoms with Crippen LogP contribution in [0.15, 0.2) is 42.5 Å². The summed E-state index contributed by atoms with van der Waals surface area (Å²) in [6.45, 7) is 4.51. The molecular weight excluding hydrogens is 239 g/mol. The number of ether oxygens (including phenoxy) is 1. The van der Waals surface area contributed by atoms with Gasteiger partial charge >= 0.3 is 7.12 Å². The highest BCUT2D eigenvalue weighted by Gasteiger charge is 2.10. The fourth-order valence-electron chi connectivity index (χ4n) is 1.81. The third-order valence-electron chi connectivity index (χ3n) is 3.13. The molecule has 0 fully saturated rings. The molecule has 0 aliphatic heterocycles. The number of aryl methyl sites for hydroxylation is 2. The maximum Gasteiger partial charge on any atom is 0.488 e. The van der Waals surface area contributed by atoms with E-state index < -0.39 is 7.12 Å². The van der Waals surface area contributed by atoms with Crippen LogP contribution in [0, 0.1) is 13.8 Å². The Morgan fingerprint density at radius 3 is 2.47 bits per heavy atom. The highest BCUT2D eigenvalue weighted by atomic mass is 16.5. The molecule has 0 aromatic heterocycles. The first-order valence-corrected chi connectivity index (χ1v) is 6.21. The average Bonchev–Trinajstić information content (AvgIpc) is 2.40. The normalized spacial score (nSPS) is 10.3. The van der Waals surface area contributed by atoms with Gasteiger partial charge in [-0.15, -0.1) is 0 Å². The summed E-state index contributed by atoms with van der Waals surface area (Å²) in [5.74, 6) is 0.818. The van der Waals surface area contributed by atoms with Crippen LogP contribution in [0.1, 0.15) is 16.7 Å². The van der Waals surface area contributed by atoms with Crippen molar-refractivity contribution < 1.29 is 14.8 Å². The maximum atomic E-state index is 9.12. The van der Waals surface area contributed by atoms with Gasteiger partial charge in [0.1, 0.15) is 12.4 Å². The molecular formula is C15H17BO3. The van der Waals surface area contributed by atoms with Crippen molar-refractivity contribution in [1.82, 2.24) is 0 Å². The first-order valence-electron chi connectivity index (χ1n) is 6.21. The molecule has 0 amide bonds. The van der Waals surface area contributed by atoms with E-state index in [2.05, 4.69) is 6.92 Å². The van der Waals surface area contributed by atoms with Gasteiger partial charge in [-0.25, -0.2) is 0 Å². The number of hydrogen-bond donors (Lipinski definition) is 2. The Morgan fingerprint density at radius 1 is 1.00 bits per heavy atom. The van der Waals surface area contributed by atoms with Gasteiger partial charge in [-0.3, -0.25) is 0 Å². The lowest BCUT2D eigenvalue weighted by atomic mass is 9.80. The van der Waals surface area contributed by atoms with Crippen molar-refractivity contribution in [1.29, 1.82) is 0 Å². The Balaban J connectivity index is 2.05. The molecule has 3 nitrogen and oxygen atoms in total. The minimum Gasteiger partial charge on any atom is -0.489 e. The lowest BCUT2D eigenvalue weighted by molar-refractivity contribution is 0.306. The van der Waals surface area contributed by atoms with Gasteiger partial charge in [-0.05, 0) is 48.1 Å². The molecule has 0 unspecified atom stereocenters. The summed E-state index contributed by atoms with van der Waals surface area (Å²) in [6, 6.07) is 13.0. The molecule has 0 spiro atoms. The largest absolute Gasteiger partial charge is 0.489 e. The van der Waals surface area contributed by atoms with E-state index >= 15 is 0 Å². The smallest absolute Gasteiger partial charge is 0.488 e. The molecule has 0 atom stereocenters. The van der Waals surface area contributed by atoms with Crippen LogP contribution in [-0.4, -0.2) is 17.2 Å². The molecule has 0 saturated carbocycles. The number of benzene rings is 2. The summed E-state index contributed by atoms with van der Waals surface area (Å²) in [5, 5.41) is 18.2. The molecule has 2 rings (SSSR count). The fraction of sp³-hybridized carbons (Fsp3) is 0.200. The van der Waals surface area contributed by atoms with Crippen molar-refractivity contribution in [3.8, 4) is 5.75 Å². The Labute approximate surface area is 113 Å². The van der Waals surface area contributed by atoms with Gasteiger partial charge in [-0.1, -0.05) is 30.3 Å². The van der Waals surface area contributed by atoms with E-state index in [1.165, 1.54) is 11.1 Å². The minimum atomic E-state index is -1.44. The third kappa shape index (κ3) is 3.59. The molecule has 0 bridgehead atoms. The zero-order chi connectivity index (χ0) is 13.8. The van der Waals surface area contributed by atoms with E-state index in [0.29, 0.717) is 12.1 Å². The van der Waals surface area contributed by atoms with Crippen LogP contribution in [0.2, 0.25) is 0 Å². The van der Waals surface area contributed by atoms with E-state index in [9.17, 15) is 0 Å². The summed E-state index contributed by atoms with van der Waals surface area (Å²) in [4.78, 5) is 0. The van der Waals surface area contributed by atoms with Crippen LogP contribution in [0.25, 0.3) is 0 Å². The molecule has 4 heteroatoms. The fourth-order valence-corrected chi connectivity index (χ4v) is 1.81. The first kappa shape index (κ1) is 13.7. The van der Waals surface area contributed by atoms with Crippen LogP contribution in [-0.2, 0) is 6.61 Å². The lowest BCUT2D eigenvalue weighted by Gasteiger charge is -2.09. The second-order valence-electron chi connectivity index (χ2n) is 4.65. The summed E-state index contributed by atoms with van der Waals surface area (Å²) in [6.07, 6.45) is 0. The van der Waals surface area contributed by atoms with Crippen LogP contribution < -0.4 is 10.2 Å². The highest BCUT2D eigenvalue weighted by molar-refractivity contribution is 6.58. The molecule has 2 N–H and O–H groups in total. The average molecular weight is 256 g/mol. The van der Waals surface area contributed by atoms with Gasteiger partial charge in [0.25, 0.3) is 0 Å². The molecule has 0 radical (unpaired) electrons. The third-order valence-corrected chi connectivity index (χ3v) is 3.13. The summed E-state index contributed by atoms with van der Waals surface area (Å²) < 4.78 is 5.70. The molecule has 2 aromatic rings. The minimum absolute atomic E-state index is 0.406. The SMILES string of the molecule is Cc1ccc(OCc2cccc(B(O)O)c2)cc1C. The molecule has 0 heterocycles. The lowest BCUT2D eigenvalue weighted by Crippen LogP contribution is -2.29. The second-order valence-corrected chi connectivity index (χ2v) is 4.65.